The average Bonchev–Trinajstić information content (AvgIpc) is 2.57. The lowest BCUT2D eigenvalue weighted by atomic mass is 10.1. The second-order valence-corrected chi connectivity index (χ2v) is 5.45. The third-order valence-electron chi connectivity index (χ3n) is 3.63. The van der Waals surface area contributed by atoms with Crippen molar-refractivity contribution in [3.05, 3.63) is 23.8 Å². The van der Waals surface area contributed by atoms with Gasteiger partial charge in [0, 0.05) is 26.1 Å². The van der Waals surface area contributed by atoms with Gasteiger partial charge in [-0.15, -0.1) is 0 Å². The molecule has 7 nitrogen and oxygen atoms in total. The summed E-state index contributed by atoms with van der Waals surface area (Å²) >= 11 is 0. The van der Waals surface area contributed by atoms with Crippen molar-refractivity contribution in [3.8, 4) is 11.5 Å². The van der Waals surface area contributed by atoms with Crippen molar-refractivity contribution < 1.29 is 28.9 Å². The maximum atomic E-state index is 12.4. The molecule has 1 unspecified atom stereocenters. The van der Waals surface area contributed by atoms with E-state index in [0.717, 1.165) is 5.56 Å². The van der Waals surface area contributed by atoms with Gasteiger partial charge in [-0.05, 0) is 31.0 Å². The lowest BCUT2D eigenvalue weighted by molar-refractivity contribution is -0.145. The summed E-state index contributed by atoms with van der Waals surface area (Å²) in [7, 11) is 4.64. The molecule has 1 aromatic carbocycles. The number of benzene rings is 1. The number of aliphatic carboxylic acids is 1. The lowest BCUT2D eigenvalue weighted by Gasteiger charge is -2.22. The predicted octanol–water partition coefficient (Wildman–Crippen LogP) is 1.93. The summed E-state index contributed by atoms with van der Waals surface area (Å²) in [4.78, 5) is 24.7. The molecule has 0 aliphatic heterocycles. The van der Waals surface area contributed by atoms with E-state index in [9.17, 15) is 9.59 Å². The van der Waals surface area contributed by atoms with Crippen LogP contribution in [-0.4, -0.2) is 55.9 Å². The monoisotopic (exact) mass is 339 g/mol. The van der Waals surface area contributed by atoms with Crippen molar-refractivity contribution in [1.82, 2.24) is 4.90 Å². The van der Waals surface area contributed by atoms with Gasteiger partial charge in [-0.1, -0.05) is 0 Å². The van der Waals surface area contributed by atoms with Crippen molar-refractivity contribution in [2.75, 3.05) is 27.9 Å². The zero-order valence-electron chi connectivity index (χ0n) is 14.6. The Balaban J connectivity index is 2.89. The van der Waals surface area contributed by atoms with Crippen molar-refractivity contribution in [2.45, 2.75) is 32.4 Å². The van der Waals surface area contributed by atoms with Gasteiger partial charge >= 0.3 is 5.97 Å². The SMILES string of the molecule is COc1cc(CN(CC(=O)O)C(=O)CCC(C)OC)cc(OC)c1. The molecule has 1 N–H and O–H groups in total. The maximum Gasteiger partial charge on any atom is 0.323 e. The van der Waals surface area contributed by atoms with Crippen molar-refractivity contribution in [1.29, 1.82) is 0 Å². The maximum absolute atomic E-state index is 12.4. The summed E-state index contributed by atoms with van der Waals surface area (Å²) in [5.74, 6) is -0.124. The van der Waals surface area contributed by atoms with Gasteiger partial charge in [0.1, 0.15) is 18.0 Å². The molecule has 7 heteroatoms. The number of carboxylic acids is 1. The van der Waals surface area contributed by atoms with Crippen LogP contribution in [0, 0.1) is 0 Å². The molecule has 0 saturated heterocycles. The molecule has 134 valence electrons. The third kappa shape index (κ3) is 6.45. The highest BCUT2D eigenvalue weighted by Gasteiger charge is 2.18. The number of carbonyl (C=O) groups is 2. The van der Waals surface area contributed by atoms with Crippen molar-refractivity contribution >= 4 is 11.9 Å². The van der Waals surface area contributed by atoms with E-state index in [0.29, 0.717) is 17.9 Å². The second-order valence-electron chi connectivity index (χ2n) is 5.45. The minimum absolute atomic E-state index is 0.0578. The summed E-state index contributed by atoms with van der Waals surface area (Å²) in [6.07, 6.45) is 0.702. The largest absolute Gasteiger partial charge is 0.497 e. The number of hydrogen-bond donors (Lipinski definition) is 1. The van der Waals surface area contributed by atoms with Gasteiger partial charge in [-0.2, -0.15) is 0 Å². The molecule has 0 heterocycles. The average molecular weight is 339 g/mol. The first kappa shape index (κ1) is 19.8. The highest BCUT2D eigenvalue weighted by Crippen LogP contribution is 2.23. The topological polar surface area (TPSA) is 85.3 Å². The Kier molecular flexibility index (Phi) is 8.05. The van der Waals surface area contributed by atoms with Crippen LogP contribution >= 0.6 is 0 Å². The van der Waals surface area contributed by atoms with Crippen LogP contribution in [0.25, 0.3) is 0 Å². The Labute approximate surface area is 142 Å². The molecule has 0 aliphatic rings. The predicted molar refractivity (Wildman–Crippen MR) is 88.3 cm³/mol. The van der Waals surface area contributed by atoms with E-state index in [4.69, 9.17) is 19.3 Å². The molecule has 1 atom stereocenters. The molecular weight excluding hydrogens is 314 g/mol. The first-order chi connectivity index (χ1) is 11.4. The Bertz CT molecular complexity index is 538. The number of nitrogens with zero attached hydrogens (tertiary/aromatic N) is 1. The standard InChI is InChI=1S/C17H25NO6/c1-12(22-2)5-6-16(19)18(11-17(20)21)10-13-7-14(23-3)9-15(8-13)24-4/h7-9,12H,5-6,10-11H2,1-4H3,(H,20,21). The van der Waals surface area contributed by atoms with Crippen LogP contribution in [-0.2, 0) is 20.9 Å². The Morgan fingerprint density at radius 1 is 1.12 bits per heavy atom. The van der Waals surface area contributed by atoms with Crippen LogP contribution in [0.3, 0.4) is 0 Å². The van der Waals surface area contributed by atoms with Gasteiger partial charge < -0.3 is 24.2 Å². The number of carboxylic acid groups (broad SMARTS) is 1. The minimum Gasteiger partial charge on any atom is -0.497 e. The molecule has 1 rings (SSSR count). The molecule has 0 saturated carbocycles. The van der Waals surface area contributed by atoms with Crippen LogP contribution in [0.2, 0.25) is 0 Å². The summed E-state index contributed by atoms with van der Waals surface area (Å²) in [5, 5.41) is 9.07. The van der Waals surface area contributed by atoms with Gasteiger partial charge in [0.25, 0.3) is 0 Å². The van der Waals surface area contributed by atoms with Crippen LogP contribution in [0.4, 0.5) is 0 Å². The first-order valence-electron chi connectivity index (χ1n) is 7.63. The molecule has 1 aromatic rings. The number of ether oxygens (including phenoxy) is 3. The third-order valence-corrected chi connectivity index (χ3v) is 3.63. The fraction of sp³-hybridized carbons (Fsp3) is 0.529. The number of hydrogen-bond acceptors (Lipinski definition) is 5. The van der Waals surface area contributed by atoms with E-state index in [1.54, 1.807) is 25.3 Å². The molecule has 0 radical (unpaired) electrons. The van der Waals surface area contributed by atoms with Crippen LogP contribution in [0.1, 0.15) is 25.3 Å². The molecule has 1 amide bonds. The van der Waals surface area contributed by atoms with Gasteiger partial charge in [0.15, 0.2) is 0 Å². The zero-order chi connectivity index (χ0) is 18.1. The Morgan fingerprint density at radius 2 is 1.71 bits per heavy atom. The van der Waals surface area contributed by atoms with E-state index >= 15 is 0 Å². The fourth-order valence-electron chi connectivity index (χ4n) is 2.18. The van der Waals surface area contributed by atoms with Crippen LogP contribution in [0.15, 0.2) is 18.2 Å². The first-order valence-corrected chi connectivity index (χ1v) is 7.63. The lowest BCUT2D eigenvalue weighted by Crippen LogP contribution is -2.35. The number of carbonyl (C=O) groups excluding carboxylic acids is 1. The molecule has 0 spiro atoms. The van der Waals surface area contributed by atoms with Crippen LogP contribution in [0.5, 0.6) is 11.5 Å². The molecular formula is C17H25NO6. The normalized spacial score (nSPS) is 11.7. The zero-order valence-corrected chi connectivity index (χ0v) is 14.6. The molecule has 0 fully saturated rings. The minimum atomic E-state index is -1.06. The van der Waals surface area contributed by atoms with Gasteiger partial charge in [-0.25, -0.2) is 0 Å². The van der Waals surface area contributed by atoms with Gasteiger partial charge in [0.05, 0.1) is 20.3 Å². The second kappa shape index (κ2) is 9.77. The Hall–Kier alpha value is -2.28. The molecule has 24 heavy (non-hydrogen) atoms. The number of rotatable bonds is 10. The van der Waals surface area contributed by atoms with Crippen molar-refractivity contribution in [3.63, 3.8) is 0 Å². The Morgan fingerprint density at radius 3 is 2.17 bits per heavy atom. The fourth-order valence-corrected chi connectivity index (χ4v) is 2.18. The quantitative estimate of drug-likeness (QED) is 0.701. The summed E-state index contributed by atoms with van der Waals surface area (Å²) in [6.45, 7) is 1.67. The highest BCUT2D eigenvalue weighted by molar-refractivity contribution is 5.81. The van der Waals surface area contributed by atoms with E-state index in [-0.39, 0.29) is 31.5 Å². The molecule has 0 bridgehead atoms. The molecule has 0 aliphatic carbocycles. The van der Waals surface area contributed by atoms with E-state index in [2.05, 4.69) is 0 Å². The van der Waals surface area contributed by atoms with Gasteiger partial charge in [0.2, 0.25) is 5.91 Å². The van der Waals surface area contributed by atoms with Gasteiger partial charge in [-0.3, -0.25) is 9.59 Å². The number of methoxy groups -OCH3 is 3. The summed E-state index contributed by atoms with van der Waals surface area (Å²) in [5.41, 5.74) is 0.737. The van der Waals surface area contributed by atoms with Crippen LogP contribution < -0.4 is 9.47 Å². The molecule has 0 aromatic heterocycles. The van der Waals surface area contributed by atoms with Crippen molar-refractivity contribution in [2.24, 2.45) is 0 Å². The van der Waals surface area contributed by atoms with E-state index in [1.165, 1.54) is 19.1 Å². The van der Waals surface area contributed by atoms with E-state index in [1.807, 2.05) is 6.92 Å². The number of amides is 1. The highest BCUT2D eigenvalue weighted by atomic mass is 16.5. The summed E-state index contributed by atoms with van der Waals surface area (Å²) in [6, 6.07) is 5.22. The summed E-state index contributed by atoms with van der Waals surface area (Å²) < 4.78 is 15.5. The van der Waals surface area contributed by atoms with E-state index < -0.39 is 5.97 Å². The smallest absolute Gasteiger partial charge is 0.323 e.